The number of aromatic nitrogens is 2. The van der Waals surface area contributed by atoms with Gasteiger partial charge >= 0.3 is 12.3 Å². The number of aliphatic hydroxyl groups is 1. The van der Waals surface area contributed by atoms with Crippen LogP contribution in [-0.2, 0) is 17.5 Å². The van der Waals surface area contributed by atoms with Crippen molar-refractivity contribution in [2.75, 3.05) is 26.4 Å². The van der Waals surface area contributed by atoms with E-state index in [2.05, 4.69) is 10.1 Å². The lowest BCUT2D eigenvalue weighted by atomic mass is 10.1. The predicted octanol–water partition coefficient (Wildman–Crippen LogP) is 4.61. The molecule has 1 aromatic heterocycles. The van der Waals surface area contributed by atoms with Crippen LogP contribution in [0.5, 0.6) is 5.75 Å². The highest BCUT2D eigenvalue weighted by molar-refractivity contribution is 5.65. The number of halogens is 4. The average Bonchev–Trinajstić information content (AvgIpc) is 3.34. The number of carboxylic acid groups (broad SMARTS) is 1. The van der Waals surface area contributed by atoms with Crippen molar-refractivity contribution in [3.8, 4) is 28.6 Å². The quantitative estimate of drug-likeness (QED) is 0.282. The lowest BCUT2D eigenvalue weighted by molar-refractivity contribution is -0.138. The molecule has 3 rings (SSSR count). The zero-order chi connectivity index (χ0) is 26.3. The van der Waals surface area contributed by atoms with Gasteiger partial charge in [-0.25, -0.2) is 9.18 Å². The first-order valence-corrected chi connectivity index (χ1v) is 10.7. The molecular weight excluding hydrogens is 490 g/mol. The summed E-state index contributed by atoms with van der Waals surface area (Å²) in [6.45, 7) is -0.231. The zero-order valence-corrected chi connectivity index (χ0v) is 19.0. The summed E-state index contributed by atoms with van der Waals surface area (Å²) in [5.74, 6) is -0.512. The maximum atomic E-state index is 13.4. The Kier molecular flexibility index (Phi) is 8.83. The summed E-state index contributed by atoms with van der Waals surface area (Å²) in [7, 11) is 0. The van der Waals surface area contributed by atoms with Gasteiger partial charge in [-0.2, -0.15) is 18.2 Å². The van der Waals surface area contributed by atoms with Crippen LogP contribution in [0.2, 0.25) is 0 Å². The normalized spacial score (nSPS) is 12.4. The molecule has 1 atom stereocenters. The highest BCUT2D eigenvalue weighted by atomic mass is 19.4. The summed E-state index contributed by atoms with van der Waals surface area (Å²) in [5, 5.41) is 22.0. The maximum Gasteiger partial charge on any atom is 0.419 e. The molecule has 0 aliphatic carbocycles. The molecule has 0 bridgehead atoms. The van der Waals surface area contributed by atoms with E-state index in [4.69, 9.17) is 24.2 Å². The van der Waals surface area contributed by atoms with Gasteiger partial charge in [-0.05, 0) is 30.7 Å². The van der Waals surface area contributed by atoms with Crippen molar-refractivity contribution in [1.29, 1.82) is 0 Å². The second kappa shape index (κ2) is 11.8. The van der Waals surface area contributed by atoms with Crippen molar-refractivity contribution >= 4 is 6.09 Å². The first-order valence-electron chi connectivity index (χ1n) is 10.7. The largest absolute Gasteiger partial charge is 0.490 e. The first kappa shape index (κ1) is 26.9. The van der Waals surface area contributed by atoms with Gasteiger partial charge in [0.15, 0.2) is 0 Å². The molecule has 1 amide bonds. The molecule has 0 fully saturated rings. The second-order valence-corrected chi connectivity index (χ2v) is 7.48. The van der Waals surface area contributed by atoms with Crippen LogP contribution in [0.3, 0.4) is 0 Å². The number of hydrogen-bond acceptors (Lipinski definition) is 7. The molecule has 36 heavy (non-hydrogen) atoms. The number of ether oxygens (including phenoxy) is 2. The van der Waals surface area contributed by atoms with Crippen LogP contribution in [0.4, 0.5) is 22.4 Å². The molecule has 1 heterocycles. The van der Waals surface area contributed by atoms with Gasteiger partial charge in [0.1, 0.15) is 25.3 Å². The SMILES string of the molecule is CC(OCc1ccc(-c2noc(-c3ccc(OCCF)c(C(F)(F)F)c3)n2)cc1)N(CCO)C(=O)O. The molecule has 13 heteroatoms. The summed E-state index contributed by atoms with van der Waals surface area (Å²) in [5.41, 5.74) is 0.154. The van der Waals surface area contributed by atoms with Gasteiger partial charge in [-0.1, -0.05) is 29.4 Å². The van der Waals surface area contributed by atoms with E-state index in [0.717, 1.165) is 17.0 Å². The molecule has 0 radical (unpaired) electrons. The molecule has 194 valence electrons. The fraction of sp³-hybridized carbons (Fsp3) is 0.348. The van der Waals surface area contributed by atoms with Gasteiger partial charge < -0.3 is 24.2 Å². The number of amides is 1. The van der Waals surface area contributed by atoms with Crippen LogP contribution < -0.4 is 4.74 Å². The molecule has 0 saturated heterocycles. The number of alkyl halides is 4. The van der Waals surface area contributed by atoms with Crippen molar-refractivity contribution in [3.05, 3.63) is 53.6 Å². The summed E-state index contributed by atoms with van der Waals surface area (Å²) in [6, 6.07) is 9.84. The predicted molar refractivity (Wildman–Crippen MR) is 118 cm³/mol. The van der Waals surface area contributed by atoms with Crippen molar-refractivity contribution in [2.24, 2.45) is 0 Å². The van der Waals surface area contributed by atoms with E-state index in [9.17, 15) is 22.4 Å². The minimum absolute atomic E-state index is 0.0125. The lowest BCUT2D eigenvalue weighted by Gasteiger charge is -2.25. The summed E-state index contributed by atoms with van der Waals surface area (Å²) in [6.07, 6.45) is -6.74. The monoisotopic (exact) mass is 513 g/mol. The molecular formula is C23H23F4N3O6. The highest BCUT2D eigenvalue weighted by Gasteiger charge is 2.35. The third kappa shape index (κ3) is 6.70. The maximum absolute atomic E-state index is 13.4. The van der Waals surface area contributed by atoms with E-state index in [1.807, 2.05) is 0 Å². The van der Waals surface area contributed by atoms with Crippen LogP contribution in [0.15, 0.2) is 47.0 Å². The minimum atomic E-state index is -4.74. The Hall–Kier alpha value is -3.71. The van der Waals surface area contributed by atoms with Crippen LogP contribution >= 0.6 is 0 Å². The number of rotatable bonds is 11. The number of aliphatic hydroxyl groups excluding tert-OH is 1. The number of hydrogen-bond donors (Lipinski definition) is 2. The van der Waals surface area contributed by atoms with Gasteiger partial charge in [-0.15, -0.1) is 0 Å². The molecule has 2 aromatic carbocycles. The first-order chi connectivity index (χ1) is 17.1. The van der Waals surface area contributed by atoms with Crippen LogP contribution in [0, 0.1) is 0 Å². The van der Waals surface area contributed by atoms with E-state index < -0.39 is 43.1 Å². The standard InChI is InChI=1S/C23H23F4N3O6/c1-14(30(9-10-31)22(32)33)35-13-15-2-4-16(5-3-15)20-28-21(36-29-20)17-6-7-19(34-11-8-24)18(12-17)23(25,26)27/h2-7,12,14,31H,8-11,13H2,1H3,(H,32,33). The smallest absolute Gasteiger partial charge is 0.419 e. The number of carbonyl (C=O) groups is 1. The second-order valence-electron chi connectivity index (χ2n) is 7.48. The van der Waals surface area contributed by atoms with Gasteiger partial charge in [0.25, 0.3) is 5.89 Å². The van der Waals surface area contributed by atoms with E-state index in [1.165, 1.54) is 6.07 Å². The molecule has 1 unspecified atom stereocenters. The third-order valence-electron chi connectivity index (χ3n) is 5.02. The van der Waals surface area contributed by atoms with Crippen molar-refractivity contribution in [3.63, 3.8) is 0 Å². The Morgan fingerprint density at radius 2 is 1.86 bits per heavy atom. The number of benzene rings is 2. The van der Waals surface area contributed by atoms with E-state index in [-0.39, 0.29) is 37.0 Å². The molecule has 0 spiro atoms. The van der Waals surface area contributed by atoms with Crippen molar-refractivity contribution in [2.45, 2.75) is 25.9 Å². The Labute approximate surface area is 202 Å². The Morgan fingerprint density at radius 1 is 1.17 bits per heavy atom. The zero-order valence-electron chi connectivity index (χ0n) is 19.0. The Balaban J connectivity index is 1.72. The van der Waals surface area contributed by atoms with E-state index >= 15 is 0 Å². The van der Waals surface area contributed by atoms with Gasteiger partial charge in [0.2, 0.25) is 5.82 Å². The van der Waals surface area contributed by atoms with Gasteiger partial charge in [0, 0.05) is 17.7 Å². The van der Waals surface area contributed by atoms with E-state index in [1.54, 1.807) is 31.2 Å². The molecule has 0 aliphatic heterocycles. The van der Waals surface area contributed by atoms with Gasteiger partial charge in [0.05, 0.1) is 18.8 Å². The highest BCUT2D eigenvalue weighted by Crippen LogP contribution is 2.38. The van der Waals surface area contributed by atoms with Crippen molar-refractivity contribution < 1.29 is 46.6 Å². The topological polar surface area (TPSA) is 118 Å². The molecule has 0 saturated carbocycles. The summed E-state index contributed by atoms with van der Waals surface area (Å²) in [4.78, 5) is 16.3. The lowest BCUT2D eigenvalue weighted by Crippen LogP contribution is -2.41. The van der Waals surface area contributed by atoms with Gasteiger partial charge in [-0.3, -0.25) is 4.90 Å². The molecule has 9 nitrogen and oxygen atoms in total. The number of nitrogens with zero attached hydrogens (tertiary/aromatic N) is 3. The fourth-order valence-electron chi connectivity index (χ4n) is 3.21. The molecule has 0 aliphatic rings. The summed E-state index contributed by atoms with van der Waals surface area (Å²) >= 11 is 0. The van der Waals surface area contributed by atoms with Crippen molar-refractivity contribution in [1.82, 2.24) is 15.0 Å². The average molecular weight is 513 g/mol. The van der Waals surface area contributed by atoms with Crippen LogP contribution in [0.25, 0.3) is 22.8 Å². The van der Waals surface area contributed by atoms with Crippen LogP contribution in [0.1, 0.15) is 18.1 Å². The summed E-state index contributed by atoms with van der Waals surface area (Å²) < 4.78 is 68.1. The van der Waals surface area contributed by atoms with Crippen LogP contribution in [-0.4, -0.2) is 64.0 Å². The molecule has 2 N–H and O–H groups in total. The third-order valence-corrected chi connectivity index (χ3v) is 5.02. The minimum Gasteiger partial charge on any atom is -0.490 e. The fourth-order valence-corrected chi connectivity index (χ4v) is 3.21. The Morgan fingerprint density at radius 3 is 2.47 bits per heavy atom. The van der Waals surface area contributed by atoms with E-state index in [0.29, 0.717) is 11.1 Å². The Bertz CT molecular complexity index is 1150. The molecule has 3 aromatic rings.